The van der Waals surface area contributed by atoms with Crippen LogP contribution in [-0.2, 0) is 0 Å². The molecule has 21 aromatic rings. The summed E-state index contributed by atoms with van der Waals surface area (Å²) in [5.41, 5.74) is 21.7. The first kappa shape index (κ1) is 69.1. The molecule has 0 atom stereocenters. The minimum atomic E-state index is 0.705. The predicted molar refractivity (Wildman–Crippen MR) is 472 cm³/mol. The molecule has 0 saturated carbocycles. The van der Waals surface area contributed by atoms with E-state index in [-0.39, 0.29) is 0 Å². The fraction of sp³-hybridized carbons (Fsp3) is 0. The van der Waals surface area contributed by atoms with Crippen molar-refractivity contribution in [1.29, 1.82) is 0 Å². The zero-order valence-electron chi connectivity index (χ0n) is 62.0. The van der Waals surface area contributed by atoms with Gasteiger partial charge in [-0.3, -0.25) is 9.97 Å². The highest BCUT2D eigenvalue weighted by Crippen LogP contribution is 2.37. The molecule has 0 fully saturated rings. The third-order valence-electron chi connectivity index (χ3n) is 21.0. The Morgan fingerprint density at radius 3 is 0.596 bits per heavy atom. The van der Waals surface area contributed by atoms with E-state index in [1.54, 1.807) is 6.20 Å². The van der Waals surface area contributed by atoms with E-state index < -0.39 is 0 Å². The van der Waals surface area contributed by atoms with Crippen LogP contribution in [0.25, 0.3) is 200 Å². The molecule has 0 aliphatic rings. The van der Waals surface area contributed by atoms with Gasteiger partial charge in [-0.05, 0) is 171 Å². The zero-order valence-corrected chi connectivity index (χ0v) is 62.0. The summed E-state index contributed by atoms with van der Waals surface area (Å²) < 4.78 is 0. The van der Waals surface area contributed by atoms with Gasteiger partial charge >= 0.3 is 0 Å². The van der Waals surface area contributed by atoms with E-state index in [0.717, 1.165) is 112 Å². The number of fused-ring (bicyclic) bond motifs is 6. The summed E-state index contributed by atoms with van der Waals surface area (Å²) in [5, 5.41) is 14.5. The average Bonchev–Trinajstić information content (AvgIpc) is 0.790. The third-order valence-corrected chi connectivity index (χ3v) is 21.0. The van der Waals surface area contributed by atoms with Crippen LogP contribution in [0.15, 0.2) is 425 Å². The van der Waals surface area contributed by atoms with Crippen LogP contribution < -0.4 is 0 Å². The molecule has 16 aromatic carbocycles. The van der Waals surface area contributed by atoms with E-state index in [9.17, 15) is 0 Å². The van der Waals surface area contributed by atoms with E-state index in [2.05, 4.69) is 386 Å². The number of benzene rings is 16. The van der Waals surface area contributed by atoms with Gasteiger partial charge < -0.3 is 0 Å². The van der Waals surface area contributed by atoms with Gasteiger partial charge in [-0.15, -0.1) is 0 Å². The Balaban J connectivity index is 0.000000115. The van der Waals surface area contributed by atoms with Crippen LogP contribution in [0.2, 0.25) is 0 Å². The zero-order chi connectivity index (χ0) is 75.9. The quantitative estimate of drug-likeness (QED) is 0.119. The molecule has 5 heterocycles. The van der Waals surface area contributed by atoms with E-state index in [1.165, 1.54) is 75.8 Å². The lowest BCUT2D eigenvalue weighted by atomic mass is 10.0. The molecule has 0 amide bonds. The Morgan fingerprint density at radius 1 is 0.123 bits per heavy atom. The molecule has 0 N–H and O–H groups in total. The third kappa shape index (κ3) is 15.0. The van der Waals surface area contributed by atoms with E-state index in [0.29, 0.717) is 11.6 Å². The smallest absolute Gasteiger partial charge is 0.160 e. The van der Waals surface area contributed by atoms with Gasteiger partial charge in [0.05, 0.1) is 34.2 Å². The Morgan fingerprint density at radius 2 is 0.333 bits per heavy atom. The molecular weight excluding hydrogens is 1390 g/mol. The molecular formula is C106H70N8. The molecule has 8 nitrogen and oxygen atoms in total. The van der Waals surface area contributed by atoms with Crippen LogP contribution in [0.4, 0.5) is 0 Å². The van der Waals surface area contributed by atoms with Gasteiger partial charge in [-0.25, -0.2) is 29.9 Å². The largest absolute Gasteiger partial charge is 0.265 e. The van der Waals surface area contributed by atoms with Crippen molar-refractivity contribution in [2.24, 2.45) is 0 Å². The van der Waals surface area contributed by atoms with Crippen LogP contribution in [-0.4, -0.2) is 39.9 Å². The minimum Gasteiger partial charge on any atom is -0.265 e. The van der Waals surface area contributed by atoms with E-state index in [1.807, 2.05) is 42.9 Å². The fourth-order valence-electron chi connectivity index (χ4n) is 14.9. The van der Waals surface area contributed by atoms with Crippen molar-refractivity contribution in [3.63, 3.8) is 0 Å². The highest BCUT2D eigenvalue weighted by Gasteiger charge is 2.18. The highest BCUT2D eigenvalue weighted by molar-refractivity contribution is 5.94. The van der Waals surface area contributed by atoms with Gasteiger partial charge in [0.15, 0.2) is 17.5 Å². The summed E-state index contributed by atoms with van der Waals surface area (Å²) in [6, 6.07) is 140. The van der Waals surface area contributed by atoms with Gasteiger partial charge in [0.25, 0.3) is 0 Å². The van der Waals surface area contributed by atoms with Crippen LogP contribution in [0.3, 0.4) is 0 Å². The monoisotopic (exact) mass is 1450 g/mol. The number of hydrogen-bond donors (Lipinski definition) is 0. The summed E-state index contributed by atoms with van der Waals surface area (Å²) in [6.45, 7) is 0. The molecule has 114 heavy (non-hydrogen) atoms. The second-order valence-corrected chi connectivity index (χ2v) is 28.3. The number of nitrogens with zero attached hydrogens (tertiary/aromatic N) is 8. The highest BCUT2D eigenvalue weighted by atomic mass is 14.9. The lowest BCUT2D eigenvalue weighted by Gasteiger charge is -2.11. The Labute approximate surface area is 660 Å². The molecule has 534 valence electrons. The first-order valence-electron chi connectivity index (χ1n) is 38.2. The Hall–Kier alpha value is -15.4. The second kappa shape index (κ2) is 31.3. The number of aromatic nitrogens is 8. The van der Waals surface area contributed by atoms with Crippen molar-refractivity contribution in [1.82, 2.24) is 39.9 Å². The molecule has 21 rings (SSSR count). The van der Waals surface area contributed by atoms with Crippen LogP contribution in [0.5, 0.6) is 0 Å². The number of hydrogen-bond acceptors (Lipinski definition) is 8. The molecule has 0 aliphatic heterocycles. The van der Waals surface area contributed by atoms with Gasteiger partial charge in [0, 0.05) is 74.9 Å². The van der Waals surface area contributed by atoms with Crippen molar-refractivity contribution in [2.45, 2.75) is 0 Å². The summed E-state index contributed by atoms with van der Waals surface area (Å²) in [7, 11) is 0. The standard InChI is InChI=1S/C36H24N2.2C35H23N3/c1-2-8-25(9-3-1)28-14-18-29(19-15-28)36-37-34(32-20-16-26-10-4-6-12-30(26)22-32)24-35(38-36)33-21-17-27-11-5-7-13-31(27)23-33;1-3-8-28-20-30(17-13-24(28)6-1)33-22-34(31-18-14-25-7-2-4-9-29(25)21-31)38-35(37-33)27-15-11-26(12-16-27)32-10-5-19-36-23-32;1-3-7-29-21-31(15-11-24(29)5-1)33-23-34(32-16-12-25-6-2-4-8-30(25)22-32)38-35(37-33)28-13-9-26(10-14-28)27-17-19-36-20-18-27/h1-24H;2*1-23H. The Kier molecular flexibility index (Phi) is 19.0. The SMILES string of the molecule is c1ccc(-c2ccc(-c3nc(-c4ccc5ccccc5c4)cc(-c4ccc5ccccc5c4)n3)cc2)cc1.c1ccc2cc(-c3cc(-c4ccc5ccccc5c4)nc(-c4ccc(-c5ccncc5)cc4)n3)ccc2c1.c1cncc(-c2ccc(-c3nc(-c4ccc5ccccc5c4)cc(-c4ccc5ccccc5c4)n3)cc2)c1. The number of pyridine rings is 2. The van der Waals surface area contributed by atoms with Gasteiger partial charge in [0.1, 0.15) is 0 Å². The lowest BCUT2D eigenvalue weighted by Crippen LogP contribution is -1.96. The summed E-state index contributed by atoms with van der Waals surface area (Å²) in [5.74, 6) is 2.13. The predicted octanol–water partition coefficient (Wildman–Crippen LogP) is 27.1. The summed E-state index contributed by atoms with van der Waals surface area (Å²) in [6.07, 6.45) is 7.30. The maximum Gasteiger partial charge on any atom is 0.160 e. The van der Waals surface area contributed by atoms with Crippen molar-refractivity contribution in [3.8, 4) is 135 Å². The Bertz CT molecular complexity index is 6110. The topological polar surface area (TPSA) is 103 Å². The van der Waals surface area contributed by atoms with Crippen molar-refractivity contribution >= 4 is 64.6 Å². The normalized spacial score (nSPS) is 11.2. The van der Waals surface area contributed by atoms with Gasteiger partial charge in [0.2, 0.25) is 0 Å². The maximum absolute atomic E-state index is 5.06. The molecule has 8 heteroatoms. The maximum atomic E-state index is 5.06. The van der Waals surface area contributed by atoms with Crippen molar-refractivity contribution < 1.29 is 0 Å². The molecule has 0 spiro atoms. The van der Waals surface area contributed by atoms with E-state index >= 15 is 0 Å². The van der Waals surface area contributed by atoms with Crippen LogP contribution >= 0.6 is 0 Å². The fourth-order valence-corrected chi connectivity index (χ4v) is 14.9. The van der Waals surface area contributed by atoms with E-state index in [4.69, 9.17) is 29.9 Å². The minimum absolute atomic E-state index is 0.705. The van der Waals surface area contributed by atoms with Crippen LogP contribution in [0, 0.1) is 0 Å². The first-order valence-corrected chi connectivity index (χ1v) is 38.2. The number of rotatable bonds is 12. The van der Waals surface area contributed by atoms with Gasteiger partial charge in [-0.1, -0.05) is 328 Å². The molecule has 0 radical (unpaired) electrons. The summed E-state index contributed by atoms with van der Waals surface area (Å²) in [4.78, 5) is 38.7. The first-order chi connectivity index (χ1) is 56.4. The molecule has 0 bridgehead atoms. The molecule has 5 aromatic heterocycles. The summed E-state index contributed by atoms with van der Waals surface area (Å²) >= 11 is 0. The van der Waals surface area contributed by atoms with Gasteiger partial charge in [-0.2, -0.15) is 0 Å². The molecule has 0 saturated heterocycles. The van der Waals surface area contributed by atoms with Crippen molar-refractivity contribution in [2.75, 3.05) is 0 Å². The lowest BCUT2D eigenvalue weighted by molar-refractivity contribution is 1.18. The molecule has 0 unspecified atom stereocenters. The molecule has 0 aliphatic carbocycles. The second-order valence-electron chi connectivity index (χ2n) is 28.3. The average molecular weight is 1460 g/mol. The van der Waals surface area contributed by atoms with Crippen LogP contribution in [0.1, 0.15) is 0 Å². The van der Waals surface area contributed by atoms with Crippen molar-refractivity contribution in [3.05, 3.63) is 425 Å².